The summed E-state index contributed by atoms with van der Waals surface area (Å²) in [7, 11) is 0.109. The lowest BCUT2D eigenvalue weighted by molar-refractivity contribution is 0.453. The van der Waals surface area contributed by atoms with Gasteiger partial charge in [-0.2, -0.15) is 0 Å². The summed E-state index contributed by atoms with van der Waals surface area (Å²) in [6.45, 7) is 2.29. The molecular weight excluding hydrogens is 348 g/mol. The van der Waals surface area contributed by atoms with Crippen LogP contribution in [0.1, 0.15) is 76.7 Å². The second kappa shape index (κ2) is 10.8. The van der Waals surface area contributed by atoms with E-state index in [4.69, 9.17) is 4.74 Å². The van der Waals surface area contributed by atoms with Crippen LogP contribution in [0.3, 0.4) is 0 Å². The molecule has 0 fully saturated rings. The summed E-state index contributed by atoms with van der Waals surface area (Å²) in [4.78, 5) is 2.71. The van der Waals surface area contributed by atoms with Crippen molar-refractivity contribution in [1.82, 2.24) is 0 Å². The van der Waals surface area contributed by atoms with Gasteiger partial charge in [-0.1, -0.05) is 82.9 Å². The monoisotopic (exact) mass is 383 g/mol. The molecule has 0 saturated carbocycles. The normalized spacial score (nSPS) is 15.1. The number of hydrogen-bond acceptors (Lipinski definition) is 1. The lowest BCUT2D eigenvalue weighted by atomic mass is 10.0. The Morgan fingerprint density at radius 3 is 2.07 bits per heavy atom. The van der Waals surface area contributed by atoms with Crippen molar-refractivity contribution in [3.8, 4) is 11.5 Å². The van der Waals surface area contributed by atoms with Gasteiger partial charge in [-0.15, -0.1) is 0 Å². The van der Waals surface area contributed by atoms with Crippen LogP contribution in [-0.4, -0.2) is 6.26 Å². The second-order valence-corrected chi connectivity index (χ2v) is 9.67. The maximum absolute atomic E-state index is 6.11. The molecule has 0 aromatic heterocycles. The topological polar surface area (TPSA) is 9.23 Å². The van der Waals surface area contributed by atoms with Crippen molar-refractivity contribution < 1.29 is 4.74 Å². The Balaban J connectivity index is 1.40. The van der Waals surface area contributed by atoms with Crippen molar-refractivity contribution in [1.29, 1.82) is 0 Å². The van der Waals surface area contributed by atoms with Gasteiger partial charge in [0.15, 0.2) is 11.5 Å². The van der Waals surface area contributed by atoms with Crippen LogP contribution in [0, 0.1) is 0 Å². The van der Waals surface area contributed by atoms with E-state index >= 15 is 0 Å². The zero-order valence-electron chi connectivity index (χ0n) is 17.1. The minimum Gasteiger partial charge on any atom is -0.447 e. The molecule has 2 aromatic carbocycles. The number of para-hydroxylation sites is 1. The van der Waals surface area contributed by atoms with E-state index in [1.807, 2.05) is 0 Å². The summed E-state index contributed by atoms with van der Waals surface area (Å²) in [5, 5.41) is 0. The van der Waals surface area contributed by atoms with Gasteiger partial charge in [0.05, 0.1) is 10.9 Å². The van der Waals surface area contributed by atoms with Gasteiger partial charge < -0.3 is 4.74 Å². The number of benzene rings is 2. The molecule has 0 amide bonds. The highest BCUT2D eigenvalue weighted by Crippen LogP contribution is 2.42. The third-order valence-corrected chi connectivity index (χ3v) is 7.53. The second-order valence-electron chi connectivity index (χ2n) is 7.77. The van der Waals surface area contributed by atoms with Gasteiger partial charge >= 0.3 is 0 Å². The molecule has 3 rings (SSSR count). The average Bonchev–Trinajstić information content (AvgIpc) is 2.70. The largest absolute Gasteiger partial charge is 0.447 e. The van der Waals surface area contributed by atoms with Crippen LogP contribution in [-0.2, 0) is 17.3 Å². The summed E-state index contributed by atoms with van der Waals surface area (Å²) < 4.78 is 6.11. The molecule has 0 bridgehead atoms. The molecule has 0 aliphatic carbocycles. The molecule has 146 valence electrons. The summed E-state index contributed by atoms with van der Waals surface area (Å²) >= 11 is 0. The molecule has 0 saturated heterocycles. The van der Waals surface area contributed by atoms with E-state index in [9.17, 15) is 0 Å². The van der Waals surface area contributed by atoms with Gasteiger partial charge in [-0.25, -0.2) is 0 Å². The predicted octanol–water partition coefficient (Wildman–Crippen LogP) is 7.92. The Hall–Kier alpha value is -1.41. The Morgan fingerprint density at radius 1 is 0.704 bits per heavy atom. The molecular formula is C25H35OS+. The van der Waals surface area contributed by atoms with Crippen LogP contribution < -0.4 is 4.74 Å². The minimum atomic E-state index is 0.109. The van der Waals surface area contributed by atoms with Gasteiger partial charge in [0.2, 0.25) is 9.79 Å². The van der Waals surface area contributed by atoms with E-state index in [-0.39, 0.29) is 10.9 Å². The molecule has 2 aromatic rings. The van der Waals surface area contributed by atoms with E-state index in [2.05, 4.69) is 55.6 Å². The Kier molecular flexibility index (Phi) is 8.13. The third-order valence-electron chi connectivity index (χ3n) is 5.56. The van der Waals surface area contributed by atoms with Crippen molar-refractivity contribution >= 4 is 10.9 Å². The quantitative estimate of drug-likeness (QED) is 0.283. The van der Waals surface area contributed by atoms with E-state index < -0.39 is 0 Å². The maximum atomic E-state index is 6.11. The molecule has 1 aliphatic rings. The molecule has 1 aliphatic heterocycles. The van der Waals surface area contributed by atoms with Crippen LogP contribution in [0.15, 0.2) is 52.3 Å². The number of hydrogen-bond donors (Lipinski definition) is 0. The number of unbranched alkanes of at least 4 members (excludes halogenated alkanes) is 9. The van der Waals surface area contributed by atoms with Crippen LogP contribution in [0.2, 0.25) is 0 Å². The number of ether oxygens (including phenoxy) is 1. The highest BCUT2D eigenvalue weighted by molar-refractivity contribution is 7.96. The van der Waals surface area contributed by atoms with Gasteiger partial charge in [-0.05, 0) is 36.6 Å². The molecule has 0 spiro atoms. The smallest absolute Gasteiger partial charge is 0.203 e. The van der Waals surface area contributed by atoms with Crippen LogP contribution >= 0.6 is 0 Å². The summed E-state index contributed by atoms with van der Waals surface area (Å²) in [6, 6.07) is 15.3. The lowest BCUT2D eigenvalue weighted by Gasteiger charge is -2.18. The molecule has 1 heterocycles. The molecule has 2 heteroatoms. The van der Waals surface area contributed by atoms with E-state index in [1.165, 1.54) is 86.0 Å². The highest BCUT2D eigenvalue weighted by Gasteiger charge is 2.33. The van der Waals surface area contributed by atoms with Crippen LogP contribution in [0.5, 0.6) is 11.5 Å². The first-order chi connectivity index (χ1) is 13.3. The fourth-order valence-corrected chi connectivity index (χ4v) is 5.54. The molecule has 1 nitrogen and oxygen atoms in total. The van der Waals surface area contributed by atoms with Gasteiger partial charge in [0.1, 0.15) is 6.26 Å². The summed E-state index contributed by atoms with van der Waals surface area (Å²) in [5.74, 6) is 2.07. The first-order valence-electron chi connectivity index (χ1n) is 10.9. The lowest BCUT2D eigenvalue weighted by Crippen LogP contribution is -2.10. The zero-order chi connectivity index (χ0) is 18.9. The van der Waals surface area contributed by atoms with E-state index in [1.54, 1.807) is 0 Å². The average molecular weight is 384 g/mol. The predicted molar refractivity (Wildman–Crippen MR) is 118 cm³/mol. The van der Waals surface area contributed by atoms with Crippen molar-refractivity contribution in [2.24, 2.45) is 0 Å². The Morgan fingerprint density at radius 2 is 1.33 bits per heavy atom. The zero-order valence-corrected chi connectivity index (χ0v) is 18.0. The van der Waals surface area contributed by atoms with Crippen molar-refractivity contribution in [3.05, 3.63) is 48.0 Å². The first kappa shape index (κ1) is 20.3. The standard InChI is InChI=1S/C25H35OS/c1-3-4-5-6-7-8-9-10-11-12-15-21-18-19-23-25(20-21)27(2)24-17-14-13-16-22(24)26-23/h13-14,16-20H,3-12,15H2,1-2H3/q+1. The Labute approximate surface area is 168 Å². The number of rotatable bonds is 11. The van der Waals surface area contributed by atoms with Crippen LogP contribution in [0.4, 0.5) is 0 Å². The first-order valence-corrected chi connectivity index (χ1v) is 12.5. The van der Waals surface area contributed by atoms with Gasteiger partial charge in [0, 0.05) is 6.07 Å². The fraction of sp³-hybridized carbons (Fsp3) is 0.520. The number of fused-ring (bicyclic) bond motifs is 2. The van der Waals surface area contributed by atoms with Crippen LogP contribution in [0.25, 0.3) is 0 Å². The molecule has 1 atom stereocenters. The Bertz CT molecular complexity index is 709. The summed E-state index contributed by atoms with van der Waals surface area (Å²) in [6.07, 6.45) is 17.5. The number of aryl methyl sites for hydroxylation is 1. The maximum Gasteiger partial charge on any atom is 0.203 e. The SMILES string of the molecule is CCCCCCCCCCCCc1ccc2c(c1)[S+](C)c1ccccc1O2. The molecule has 0 radical (unpaired) electrons. The molecule has 1 unspecified atom stereocenters. The third kappa shape index (κ3) is 5.78. The van der Waals surface area contributed by atoms with E-state index in [0.717, 1.165) is 11.5 Å². The molecule has 27 heavy (non-hydrogen) atoms. The van der Waals surface area contributed by atoms with E-state index in [0.29, 0.717) is 0 Å². The van der Waals surface area contributed by atoms with Gasteiger partial charge in [-0.3, -0.25) is 0 Å². The van der Waals surface area contributed by atoms with Crippen molar-refractivity contribution in [2.45, 2.75) is 87.3 Å². The summed E-state index contributed by atoms with van der Waals surface area (Å²) in [5.41, 5.74) is 1.47. The highest BCUT2D eigenvalue weighted by atomic mass is 32.2. The van der Waals surface area contributed by atoms with Crippen molar-refractivity contribution in [3.63, 3.8) is 0 Å². The van der Waals surface area contributed by atoms with Gasteiger partial charge in [0.25, 0.3) is 0 Å². The van der Waals surface area contributed by atoms with Crippen molar-refractivity contribution in [2.75, 3.05) is 6.26 Å². The molecule has 0 N–H and O–H groups in total. The minimum absolute atomic E-state index is 0.109. The fourth-order valence-electron chi connectivity index (χ4n) is 3.87.